The highest BCUT2D eigenvalue weighted by atomic mass is 16.6. The Bertz CT molecular complexity index is 5010. The molecule has 0 saturated carbocycles. The molecule has 842 valence electrons. The summed E-state index contributed by atoms with van der Waals surface area (Å²) < 4.78 is 5.58. The smallest absolute Gasteiger partial charge is 0.320 e. The zero-order valence-electron chi connectivity index (χ0n) is 89.1. The molecule has 1 aliphatic heterocycles. The Morgan fingerprint density at radius 3 is 1.43 bits per heavy atom. The maximum Gasteiger partial charge on any atom is 0.320 e. The Morgan fingerprint density at radius 1 is 0.467 bits per heavy atom. The molecule has 46 heteroatoms. The number of hydrogen-bond donors (Lipinski definition) is 27. The Labute approximate surface area is 880 Å². The van der Waals surface area contributed by atoms with Crippen LogP contribution in [0.3, 0.4) is 0 Å². The van der Waals surface area contributed by atoms with Gasteiger partial charge >= 0.3 is 5.97 Å². The minimum absolute atomic E-state index is 0.00804. The molecule has 150 heavy (non-hydrogen) atoms. The van der Waals surface area contributed by atoms with E-state index in [2.05, 4.69) is 92.1 Å². The number of carbonyl (C=O) groups is 2. The topological polar surface area (TPSA) is 790 Å². The van der Waals surface area contributed by atoms with Crippen molar-refractivity contribution >= 4 is 123 Å². The van der Waals surface area contributed by atoms with Crippen molar-refractivity contribution in [1.29, 1.82) is 10.8 Å². The number of aromatic amines is 1. The first-order chi connectivity index (χ1) is 71.5. The average molecular weight is 2110 g/mol. The molecular formula is C104H173N23O23. The second kappa shape index (κ2) is 72.0. The molecule has 0 aliphatic carbocycles. The fourth-order valence-electron chi connectivity index (χ4n) is 16.5. The van der Waals surface area contributed by atoms with Gasteiger partial charge in [0.05, 0.1) is 25.7 Å². The number of likely N-dealkylation sites (N-methyl/N-ethyl adjacent to an activating group) is 1. The van der Waals surface area contributed by atoms with Gasteiger partial charge < -0.3 is 139 Å². The van der Waals surface area contributed by atoms with Gasteiger partial charge in [0.2, 0.25) is 94.4 Å². The van der Waals surface area contributed by atoms with Gasteiger partial charge in [0, 0.05) is 49.5 Å². The van der Waals surface area contributed by atoms with Crippen LogP contribution in [0.1, 0.15) is 279 Å². The first-order valence-corrected chi connectivity index (χ1v) is 52.8. The SMILES string of the molecule is CCCCCCCCCCCCCCCC(O)=NCCCCC(N=C(O)C(CCCCN)N=C(O)C(CCCCN)N=C(O)C1CCCN1C(=O)CN=C(O)C(CC(C)C)N=C(O)C(CC(C)C)N=C(O)C(Cc1ccc(O)cc1)N=C(O)CN=C(O)C(C)N=C(O)C(CO)N=C(O)C(CC(=N)O)N=C(O)C(CC(C)C)N=C(O)C(N=C(O)C(Cc1c[nH]c2ccccc12)OC(=O)CNC)C(C)O)C(O)=NC(CCCCN)C(=N)O. The number of likely N-dealkylation sites (tertiary alicyclic amines) is 1. The Morgan fingerprint density at radius 2 is 0.920 bits per heavy atom. The molecule has 1 aromatic heterocycles. The fraction of sp³-hybridized carbons (Fsp3) is 0.683. The number of amides is 1. The molecule has 46 nitrogen and oxygen atoms in total. The number of unbranched alkanes of at least 4 members (excludes halogenated alkanes) is 16. The minimum atomic E-state index is -1.87. The van der Waals surface area contributed by atoms with Gasteiger partial charge in [0.25, 0.3) is 0 Å². The summed E-state index contributed by atoms with van der Waals surface area (Å²) in [4.78, 5) is 95.5. The number of ether oxygens (including phenoxy) is 1. The van der Waals surface area contributed by atoms with E-state index in [0.717, 1.165) is 36.6 Å². The number of aromatic nitrogens is 1. The molecule has 2 heterocycles. The molecule has 4 rings (SSSR count). The quantitative estimate of drug-likeness (QED) is 0.0108. The van der Waals surface area contributed by atoms with Crippen LogP contribution in [0, 0.1) is 28.6 Å². The molecule has 30 N–H and O–H groups in total. The highest BCUT2D eigenvalue weighted by Crippen LogP contribution is 2.28. The highest BCUT2D eigenvalue weighted by Gasteiger charge is 2.37. The van der Waals surface area contributed by atoms with Crippen LogP contribution in [-0.2, 0) is 27.2 Å². The van der Waals surface area contributed by atoms with Crippen LogP contribution < -0.4 is 22.5 Å². The summed E-state index contributed by atoms with van der Waals surface area (Å²) in [5, 5.41) is 246. The van der Waals surface area contributed by atoms with E-state index in [9.17, 15) is 112 Å². The van der Waals surface area contributed by atoms with Crippen LogP contribution >= 0.6 is 0 Å². The van der Waals surface area contributed by atoms with Gasteiger partial charge in [-0.15, -0.1) is 0 Å². The summed E-state index contributed by atoms with van der Waals surface area (Å²) in [6.07, 6.45) is 17.9. The predicted octanol–water partition coefficient (Wildman–Crippen LogP) is 14.6. The largest absolute Gasteiger partial charge is 0.508 e. The number of phenols is 1. The number of H-pyrrole nitrogens is 1. The number of para-hydroxylation sites is 1. The number of nitrogens with one attached hydrogen (secondary N) is 4. The van der Waals surface area contributed by atoms with E-state index in [1.54, 1.807) is 65.9 Å². The van der Waals surface area contributed by atoms with E-state index in [4.69, 9.17) is 32.8 Å². The number of aliphatic imine (C=N–C) groups is 15. The molecule has 0 spiro atoms. The number of esters is 1. The number of carbonyl (C=O) groups excluding carboxylic acids is 2. The summed E-state index contributed by atoms with van der Waals surface area (Å²) >= 11 is 0. The lowest BCUT2D eigenvalue weighted by Crippen LogP contribution is -2.42. The van der Waals surface area contributed by atoms with Crippen molar-refractivity contribution in [2.24, 2.45) is 110 Å². The molecule has 2 aromatic carbocycles. The van der Waals surface area contributed by atoms with E-state index < -0.39 is 223 Å². The van der Waals surface area contributed by atoms with E-state index in [-0.39, 0.29) is 126 Å². The zero-order valence-corrected chi connectivity index (χ0v) is 89.1. The lowest BCUT2D eigenvalue weighted by Gasteiger charge is -2.24. The first kappa shape index (κ1) is 130. The van der Waals surface area contributed by atoms with Crippen molar-refractivity contribution in [3.05, 3.63) is 65.9 Å². The number of fused-ring (bicyclic) bond motifs is 1. The number of benzene rings is 2. The highest BCUT2D eigenvalue weighted by molar-refractivity contribution is 5.98. The number of aromatic hydroxyl groups is 1. The molecular weight excluding hydrogens is 1940 g/mol. The van der Waals surface area contributed by atoms with Crippen LogP contribution in [0.2, 0.25) is 0 Å². The van der Waals surface area contributed by atoms with E-state index in [1.165, 1.54) is 108 Å². The number of rotatable bonds is 78. The fourth-order valence-corrected chi connectivity index (χ4v) is 16.5. The second-order valence-corrected chi connectivity index (χ2v) is 39.2. The number of hydrogen-bond acceptors (Lipinski definition) is 27. The van der Waals surface area contributed by atoms with Crippen LogP contribution in [0.25, 0.3) is 10.9 Å². The molecule has 1 aliphatic rings. The van der Waals surface area contributed by atoms with Crippen molar-refractivity contribution in [2.45, 2.75) is 371 Å². The molecule has 0 radical (unpaired) electrons. The van der Waals surface area contributed by atoms with Crippen molar-refractivity contribution in [3.8, 4) is 5.75 Å². The summed E-state index contributed by atoms with van der Waals surface area (Å²) in [5.41, 5.74) is 19.4. The first-order valence-electron chi connectivity index (χ1n) is 52.8. The predicted molar refractivity (Wildman–Crippen MR) is 594 cm³/mol. The van der Waals surface area contributed by atoms with Crippen LogP contribution in [-0.4, -0.2) is 381 Å². The molecule has 1 amide bonds. The van der Waals surface area contributed by atoms with Crippen molar-refractivity contribution in [3.63, 3.8) is 0 Å². The summed E-state index contributed by atoms with van der Waals surface area (Å²) in [6.45, 7) is 13.6. The average Bonchev–Trinajstić information content (AvgIpc) is 1.69. The molecule has 15 atom stereocenters. The molecule has 3 aromatic rings. The van der Waals surface area contributed by atoms with Crippen LogP contribution in [0.15, 0.2) is 130 Å². The van der Waals surface area contributed by atoms with Crippen molar-refractivity contribution in [2.75, 3.05) is 66.0 Å². The van der Waals surface area contributed by atoms with E-state index in [0.29, 0.717) is 81.9 Å². The normalized spacial score (nSPS) is 17.8. The monoisotopic (exact) mass is 2110 g/mol. The number of nitrogens with two attached hydrogens (primary N) is 3. The molecule has 15 unspecified atom stereocenters. The molecule has 1 saturated heterocycles. The maximum absolute atomic E-state index is 14.4. The number of aliphatic hydroxyl groups excluding tert-OH is 19. The van der Waals surface area contributed by atoms with Crippen LogP contribution in [0.5, 0.6) is 5.75 Å². The number of phenolic OH excluding ortho intramolecular Hbond substituents is 1. The zero-order chi connectivity index (χ0) is 111. The maximum atomic E-state index is 14.4. The van der Waals surface area contributed by atoms with Crippen molar-refractivity contribution in [1.82, 2.24) is 15.2 Å². The van der Waals surface area contributed by atoms with Gasteiger partial charge in [0.1, 0.15) is 85.3 Å². The Hall–Kier alpha value is -12.5. The van der Waals surface area contributed by atoms with Gasteiger partial charge in [-0.05, 0) is 203 Å². The Balaban J connectivity index is 1.63. The third kappa shape index (κ3) is 50.4. The van der Waals surface area contributed by atoms with Gasteiger partial charge in [-0.3, -0.25) is 25.4 Å². The molecule has 1 fully saturated rings. The summed E-state index contributed by atoms with van der Waals surface area (Å²) in [5.74, 6) is -15.3. The Kier molecular flexibility index (Phi) is 62.3. The third-order valence-electron chi connectivity index (χ3n) is 24.7. The molecule has 0 bridgehead atoms. The summed E-state index contributed by atoms with van der Waals surface area (Å²) in [7, 11) is 1.50. The minimum Gasteiger partial charge on any atom is -0.508 e. The second-order valence-electron chi connectivity index (χ2n) is 39.2. The van der Waals surface area contributed by atoms with Gasteiger partial charge in [0.15, 0.2) is 30.0 Å². The lowest BCUT2D eigenvalue weighted by molar-refractivity contribution is -0.145. The van der Waals surface area contributed by atoms with Gasteiger partial charge in [-0.2, -0.15) is 0 Å². The lowest BCUT2D eigenvalue weighted by atomic mass is 10.0. The number of nitrogens with zero attached hydrogens (tertiary/aromatic N) is 16. The third-order valence-corrected chi connectivity index (χ3v) is 24.7. The standard InChI is InChI=1S/C104H173N23O23/c1-11-12-13-14-15-16-17-18-19-20-21-22-23-42-86(132)111-50-33-29-40-75(94(139)117-73(91(109)136)37-26-30-47-105)119-95(140)74(38-27-31-48-106)118-96(141)76(39-28-32-49-107)120-102(147)83-41-34-51-127(83)88(134)60-114-93(138)77(52-63(2)3)121-97(142)78(53-64(4)5)122-99(144)80(55-68-43-45-70(130)46-44-68)116-87(133)59-113-92(137)66(8)115-101(146)82(62-128)125-100(145)81(57-85(108)131)123-98(143)79(54-65(6)7)124-104(149)90(67(9)129)126-103(148)84(150-89(135)61-110-10)56-69-58-112-72-36-25-24-35-71(69)72/h24-25,35-36,43-46,58,63-67,73-84,90,110,112,128-130H,11-23,26-34,37-42,47-57,59-62,105-107H2,1-10H3,(H2,108,131)(H2,109,136)(H,111,132)(H,113,137)(H,114,138)(H,115,146)(H,116,133)(H,117,139)(H,118,141)(H,119,140)(H,120,147)(H,121,142)(H,122,144)(H,123,143)(H,124,149)(H,125,145)(H,126,148). The van der Waals surface area contributed by atoms with E-state index >= 15 is 0 Å². The number of aliphatic hydroxyl groups is 19. The summed E-state index contributed by atoms with van der Waals surface area (Å²) in [6, 6.07) is -5.79. The van der Waals surface area contributed by atoms with Gasteiger partial charge in [-0.1, -0.05) is 156 Å². The van der Waals surface area contributed by atoms with E-state index in [1.807, 2.05) is 6.07 Å². The van der Waals surface area contributed by atoms with Crippen molar-refractivity contribution < 1.29 is 116 Å². The van der Waals surface area contributed by atoms with Gasteiger partial charge in [-0.25, -0.2) is 69.9 Å². The van der Waals surface area contributed by atoms with Crippen LogP contribution in [0.4, 0.5) is 0 Å².